The monoisotopic (exact) mass is 420 g/mol. The van der Waals surface area contributed by atoms with Crippen LogP contribution < -0.4 is 15.1 Å². The maximum atomic E-state index is 12.7. The molecule has 150 valence electrons. The minimum absolute atomic E-state index is 0.271. The second-order valence-electron chi connectivity index (χ2n) is 6.68. The average molecular weight is 421 g/mol. The van der Waals surface area contributed by atoms with Crippen LogP contribution in [0, 0.1) is 6.92 Å². The maximum absolute atomic E-state index is 12.7. The minimum Gasteiger partial charge on any atom is -0.497 e. The molecule has 0 aliphatic carbocycles. The minimum atomic E-state index is -0.550. The largest absolute Gasteiger partial charge is 0.497 e. The van der Waals surface area contributed by atoms with Gasteiger partial charge in [-0.15, -0.1) is 0 Å². The number of fused-ring (bicyclic) bond motifs is 1. The van der Waals surface area contributed by atoms with Crippen LogP contribution in [0.15, 0.2) is 75.9 Å². The van der Waals surface area contributed by atoms with Crippen molar-refractivity contribution in [2.45, 2.75) is 6.92 Å². The number of hydrogen-bond donors (Lipinski definition) is 0. The Labute approximate surface area is 177 Å². The molecule has 4 aromatic rings. The van der Waals surface area contributed by atoms with Crippen LogP contribution in [0.4, 0.5) is 0 Å². The van der Waals surface area contributed by atoms with E-state index < -0.39 is 11.6 Å². The van der Waals surface area contributed by atoms with Gasteiger partial charge in [-0.25, -0.2) is 9.59 Å². The van der Waals surface area contributed by atoms with Crippen LogP contribution in [0.2, 0.25) is 5.02 Å². The van der Waals surface area contributed by atoms with Crippen LogP contribution in [-0.4, -0.2) is 13.1 Å². The van der Waals surface area contributed by atoms with Gasteiger partial charge in [-0.1, -0.05) is 29.8 Å². The molecule has 0 aliphatic rings. The predicted molar refractivity (Wildman–Crippen MR) is 116 cm³/mol. The summed E-state index contributed by atoms with van der Waals surface area (Å²) in [6.07, 6.45) is 0. The Kier molecular flexibility index (Phi) is 5.29. The lowest BCUT2D eigenvalue weighted by Crippen LogP contribution is -2.09. The van der Waals surface area contributed by atoms with Gasteiger partial charge in [0.05, 0.1) is 18.2 Å². The van der Waals surface area contributed by atoms with Crippen molar-refractivity contribution in [1.29, 1.82) is 0 Å². The zero-order valence-electron chi connectivity index (χ0n) is 16.3. The van der Waals surface area contributed by atoms with E-state index >= 15 is 0 Å². The Balaban J connectivity index is 1.70. The Hall–Kier alpha value is -3.57. The van der Waals surface area contributed by atoms with Crippen LogP contribution in [0.25, 0.3) is 22.1 Å². The van der Waals surface area contributed by atoms with Crippen LogP contribution in [-0.2, 0) is 0 Å². The first-order chi connectivity index (χ1) is 14.5. The van der Waals surface area contributed by atoms with Gasteiger partial charge < -0.3 is 13.9 Å². The molecule has 0 spiro atoms. The topological polar surface area (TPSA) is 65.7 Å². The first kappa shape index (κ1) is 19.7. The molecule has 0 radical (unpaired) electrons. The van der Waals surface area contributed by atoms with E-state index in [0.29, 0.717) is 27.5 Å². The highest BCUT2D eigenvalue weighted by Gasteiger charge is 2.15. The fraction of sp³-hybridized carbons (Fsp3) is 0.0833. The summed E-state index contributed by atoms with van der Waals surface area (Å²) in [6, 6.07) is 18.6. The molecule has 0 amide bonds. The lowest BCUT2D eigenvalue weighted by molar-refractivity contribution is 0.0735. The number of aryl methyl sites for hydroxylation is 1. The third-order valence-corrected chi connectivity index (χ3v) is 5.02. The summed E-state index contributed by atoms with van der Waals surface area (Å²) in [6.45, 7) is 1.86. The van der Waals surface area contributed by atoms with E-state index in [-0.39, 0.29) is 5.75 Å². The Bertz CT molecular complexity index is 1310. The van der Waals surface area contributed by atoms with Crippen LogP contribution in [0.5, 0.6) is 11.5 Å². The molecule has 3 aromatic carbocycles. The normalized spacial score (nSPS) is 10.8. The number of halogens is 1. The molecule has 30 heavy (non-hydrogen) atoms. The molecule has 0 bridgehead atoms. The van der Waals surface area contributed by atoms with Gasteiger partial charge in [0.1, 0.15) is 17.1 Å². The van der Waals surface area contributed by atoms with E-state index in [1.54, 1.807) is 49.6 Å². The number of methoxy groups -OCH3 is 1. The summed E-state index contributed by atoms with van der Waals surface area (Å²) in [7, 11) is 1.58. The van der Waals surface area contributed by atoms with Crippen molar-refractivity contribution in [2.75, 3.05) is 7.11 Å². The lowest BCUT2D eigenvalue weighted by Gasteiger charge is -2.10. The first-order valence-electron chi connectivity index (χ1n) is 9.16. The molecule has 0 atom stereocenters. The van der Waals surface area contributed by atoms with Crippen molar-refractivity contribution in [3.05, 3.63) is 93.3 Å². The molecule has 5 nitrogen and oxygen atoms in total. The third kappa shape index (κ3) is 3.80. The number of carbonyl (C=O) groups is 1. The van der Waals surface area contributed by atoms with E-state index in [1.807, 2.05) is 19.1 Å². The van der Waals surface area contributed by atoms with Crippen molar-refractivity contribution in [3.63, 3.8) is 0 Å². The van der Waals surface area contributed by atoms with E-state index in [0.717, 1.165) is 16.5 Å². The molecule has 0 saturated heterocycles. The SMILES string of the molecule is COc1ccc(-c2c(C)c3ccc(OC(=O)c4cccc(Cl)c4)cc3oc2=O)cc1. The summed E-state index contributed by atoms with van der Waals surface area (Å²) in [5, 5.41) is 1.19. The summed E-state index contributed by atoms with van der Waals surface area (Å²) in [5.74, 6) is 0.422. The van der Waals surface area contributed by atoms with Crippen molar-refractivity contribution >= 4 is 28.5 Å². The standard InChI is InChI=1S/C24H17ClO5/c1-14-20-11-10-19(29-23(26)16-4-3-5-17(25)12-16)13-21(20)30-24(27)22(14)15-6-8-18(28-2)9-7-15/h3-13H,1-2H3. The van der Waals surface area contributed by atoms with E-state index in [1.165, 1.54) is 12.1 Å². The van der Waals surface area contributed by atoms with Gasteiger partial charge >= 0.3 is 11.6 Å². The summed E-state index contributed by atoms with van der Waals surface area (Å²) >= 11 is 5.92. The Morgan fingerprint density at radius 1 is 0.967 bits per heavy atom. The zero-order valence-corrected chi connectivity index (χ0v) is 17.0. The van der Waals surface area contributed by atoms with Crippen LogP contribution >= 0.6 is 11.6 Å². The molecule has 4 rings (SSSR count). The Morgan fingerprint density at radius 2 is 1.70 bits per heavy atom. The molecule has 0 N–H and O–H groups in total. The molecule has 0 fully saturated rings. The van der Waals surface area contributed by atoms with Crippen LogP contribution in [0.1, 0.15) is 15.9 Å². The van der Waals surface area contributed by atoms with Gasteiger partial charge in [-0.3, -0.25) is 0 Å². The smallest absolute Gasteiger partial charge is 0.344 e. The second-order valence-corrected chi connectivity index (χ2v) is 7.11. The van der Waals surface area contributed by atoms with Gasteiger partial charge in [-0.2, -0.15) is 0 Å². The highest BCUT2D eigenvalue weighted by atomic mass is 35.5. The first-order valence-corrected chi connectivity index (χ1v) is 9.53. The Morgan fingerprint density at radius 3 is 2.40 bits per heavy atom. The molecular weight excluding hydrogens is 404 g/mol. The average Bonchev–Trinajstić information content (AvgIpc) is 2.74. The van der Waals surface area contributed by atoms with Gasteiger partial charge in [-0.05, 0) is 60.5 Å². The molecule has 6 heteroatoms. The number of rotatable bonds is 4. The summed E-state index contributed by atoms with van der Waals surface area (Å²) < 4.78 is 16.1. The van der Waals surface area contributed by atoms with Gasteiger partial charge in [0.25, 0.3) is 0 Å². The third-order valence-electron chi connectivity index (χ3n) is 4.79. The number of hydrogen-bond acceptors (Lipinski definition) is 5. The quantitative estimate of drug-likeness (QED) is 0.242. The molecular formula is C24H17ClO5. The van der Waals surface area contributed by atoms with Crippen LogP contribution in [0.3, 0.4) is 0 Å². The predicted octanol–water partition coefficient (Wildman–Crippen LogP) is 5.65. The molecule has 1 heterocycles. The summed E-state index contributed by atoms with van der Waals surface area (Å²) in [4.78, 5) is 25.0. The molecule has 0 aliphatic heterocycles. The number of ether oxygens (including phenoxy) is 2. The van der Waals surface area contributed by atoms with Crippen molar-refractivity contribution < 1.29 is 18.7 Å². The fourth-order valence-electron chi connectivity index (χ4n) is 3.27. The highest BCUT2D eigenvalue weighted by Crippen LogP contribution is 2.30. The summed E-state index contributed by atoms with van der Waals surface area (Å²) in [5.41, 5.74) is 2.19. The van der Waals surface area contributed by atoms with E-state index in [2.05, 4.69) is 0 Å². The number of carbonyl (C=O) groups excluding carboxylic acids is 1. The second kappa shape index (κ2) is 8.05. The van der Waals surface area contributed by atoms with Gasteiger partial charge in [0, 0.05) is 16.5 Å². The van der Waals surface area contributed by atoms with E-state index in [9.17, 15) is 9.59 Å². The van der Waals surface area contributed by atoms with Gasteiger partial charge in [0.2, 0.25) is 0 Å². The molecule has 1 aromatic heterocycles. The molecule has 0 saturated carbocycles. The van der Waals surface area contributed by atoms with Crippen molar-refractivity contribution in [2.24, 2.45) is 0 Å². The lowest BCUT2D eigenvalue weighted by atomic mass is 9.99. The zero-order chi connectivity index (χ0) is 21.3. The number of esters is 1. The number of benzene rings is 3. The maximum Gasteiger partial charge on any atom is 0.344 e. The van der Waals surface area contributed by atoms with Crippen molar-refractivity contribution in [3.8, 4) is 22.6 Å². The van der Waals surface area contributed by atoms with Gasteiger partial charge in [0.15, 0.2) is 0 Å². The van der Waals surface area contributed by atoms with E-state index in [4.69, 9.17) is 25.5 Å². The molecule has 0 unspecified atom stereocenters. The highest BCUT2D eigenvalue weighted by molar-refractivity contribution is 6.30. The van der Waals surface area contributed by atoms with Crippen molar-refractivity contribution in [1.82, 2.24) is 0 Å². The fourth-order valence-corrected chi connectivity index (χ4v) is 3.46.